The van der Waals surface area contributed by atoms with Gasteiger partial charge in [-0.05, 0) is 34.1 Å². The van der Waals surface area contributed by atoms with Crippen molar-refractivity contribution in [3.05, 3.63) is 44.8 Å². The van der Waals surface area contributed by atoms with Gasteiger partial charge in [0.15, 0.2) is 0 Å². The first-order chi connectivity index (χ1) is 7.09. The Labute approximate surface area is 92.0 Å². The Morgan fingerprint density at radius 1 is 1.47 bits per heavy atom. The van der Waals surface area contributed by atoms with Gasteiger partial charge in [0, 0.05) is 5.39 Å². The van der Waals surface area contributed by atoms with Crippen molar-refractivity contribution in [3.8, 4) is 0 Å². The number of pyridine rings is 1. The van der Waals surface area contributed by atoms with E-state index in [1.807, 2.05) is 0 Å². The van der Waals surface area contributed by atoms with E-state index in [-0.39, 0.29) is 10.2 Å². The molecule has 6 heteroatoms. The van der Waals surface area contributed by atoms with Crippen molar-refractivity contribution in [2.24, 2.45) is 0 Å². The Morgan fingerprint density at radius 3 is 2.87 bits per heavy atom. The summed E-state index contributed by atoms with van der Waals surface area (Å²) >= 11 is 3.07. The Kier molecular flexibility index (Phi) is 2.36. The van der Waals surface area contributed by atoms with Gasteiger partial charge in [0.25, 0.3) is 0 Å². The highest BCUT2D eigenvalue weighted by molar-refractivity contribution is 9.10. The van der Waals surface area contributed by atoms with Crippen LogP contribution in [0.5, 0.6) is 0 Å². The summed E-state index contributed by atoms with van der Waals surface area (Å²) in [4.78, 5) is 13.9. The topological polar surface area (TPSA) is 56.0 Å². The molecule has 0 fully saturated rings. The first-order valence-corrected chi connectivity index (χ1v) is 4.77. The average Bonchev–Trinajstić information content (AvgIpc) is 2.19. The number of benzene rings is 1. The Morgan fingerprint density at radius 2 is 2.20 bits per heavy atom. The molecule has 0 saturated heterocycles. The van der Waals surface area contributed by atoms with E-state index in [2.05, 4.69) is 20.9 Å². The molecule has 0 aliphatic carbocycles. The summed E-state index contributed by atoms with van der Waals surface area (Å²) in [6.07, 6.45) is 1.14. The van der Waals surface area contributed by atoms with Gasteiger partial charge in [0.1, 0.15) is 16.5 Å². The largest absolute Gasteiger partial charge is 0.302 e. The molecule has 1 heterocycles. The van der Waals surface area contributed by atoms with Gasteiger partial charge >= 0.3 is 5.69 Å². The van der Waals surface area contributed by atoms with Gasteiger partial charge in [-0.15, -0.1) is 0 Å². The number of halogens is 2. The Balaban J connectivity index is 2.82. The second-order valence-electron chi connectivity index (χ2n) is 2.88. The summed E-state index contributed by atoms with van der Waals surface area (Å²) in [6.45, 7) is 0. The van der Waals surface area contributed by atoms with Crippen LogP contribution in [0.1, 0.15) is 0 Å². The van der Waals surface area contributed by atoms with E-state index >= 15 is 0 Å². The number of aromatic nitrogens is 1. The summed E-state index contributed by atoms with van der Waals surface area (Å²) in [7, 11) is 0. The molecule has 2 rings (SSSR count). The van der Waals surface area contributed by atoms with Crippen molar-refractivity contribution in [1.29, 1.82) is 0 Å². The summed E-state index contributed by atoms with van der Waals surface area (Å²) in [5.74, 6) is -0.453. The van der Waals surface area contributed by atoms with Gasteiger partial charge in [-0.2, -0.15) is 0 Å². The lowest BCUT2D eigenvalue weighted by molar-refractivity contribution is -0.385. The molecule has 0 spiro atoms. The highest BCUT2D eigenvalue weighted by Crippen LogP contribution is 2.31. The van der Waals surface area contributed by atoms with Crippen LogP contribution in [-0.2, 0) is 0 Å². The van der Waals surface area contributed by atoms with Crippen LogP contribution in [0.15, 0.2) is 28.9 Å². The monoisotopic (exact) mass is 270 g/mol. The number of nitro groups is 1. The quantitative estimate of drug-likeness (QED) is 0.591. The molecule has 0 atom stereocenters. The van der Waals surface area contributed by atoms with Crippen LogP contribution in [0.4, 0.5) is 10.1 Å². The normalized spacial score (nSPS) is 10.5. The van der Waals surface area contributed by atoms with E-state index in [0.717, 1.165) is 6.20 Å². The molecule has 4 nitrogen and oxygen atoms in total. The molecule has 1 aromatic heterocycles. The van der Waals surface area contributed by atoms with Crippen molar-refractivity contribution in [1.82, 2.24) is 4.98 Å². The Hall–Kier alpha value is -1.56. The highest BCUT2D eigenvalue weighted by atomic mass is 79.9. The van der Waals surface area contributed by atoms with Gasteiger partial charge in [0.2, 0.25) is 0 Å². The third-order valence-corrected chi connectivity index (χ3v) is 2.78. The molecular formula is C9H4BrFN2O2. The zero-order chi connectivity index (χ0) is 11.0. The minimum Gasteiger partial charge on any atom is -0.258 e. The van der Waals surface area contributed by atoms with Gasteiger partial charge in [-0.1, -0.05) is 0 Å². The van der Waals surface area contributed by atoms with Gasteiger partial charge in [-0.25, -0.2) is 9.37 Å². The summed E-state index contributed by atoms with van der Waals surface area (Å²) in [6, 6.07) is 3.94. The standard InChI is InChI=1S/C9H4BrFN2O2/c10-9-6-3-5(11)1-2-7(6)12-4-8(9)13(14)15/h1-4H. The molecule has 0 radical (unpaired) electrons. The minimum atomic E-state index is -0.568. The fourth-order valence-electron chi connectivity index (χ4n) is 1.25. The second-order valence-corrected chi connectivity index (χ2v) is 3.67. The van der Waals surface area contributed by atoms with Crippen molar-refractivity contribution in [2.45, 2.75) is 0 Å². The molecule has 1 aromatic carbocycles. The minimum absolute atomic E-state index is 0.173. The fourth-order valence-corrected chi connectivity index (χ4v) is 1.81. The molecule has 0 unspecified atom stereocenters. The molecule has 76 valence electrons. The lowest BCUT2D eigenvalue weighted by atomic mass is 10.2. The number of nitrogens with zero attached hydrogens (tertiary/aromatic N) is 2. The molecule has 0 aliphatic heterocycles. The van der Waals surface area contributed by atoms with E-state index in [4.69, 9.17) is 0 Å². The summed E-state index contributed by atoms with van der Waals surface area (Å²) < 4.78 is 13.2. The molecule has 0 bridgehead atoms. The van der Waals surface area contributed by atoms with Crippen molar-refractivity contribution >= 4 is 32.5 Å². The second kappa shape index (κ2) is 3.54. The van der Waals surface area contributed by atoms with E-state index in [1.54, 1.807) is 0 Å². The van der Waals surface area contributed by atoms with E-state index in [1.165, 1.54) is 18.2 Å². The van der Waals surface area contributed by atoms with Crippen LogP contribution < -0.4 is 0 Å². The van der Waals surface area contributed by atoms with Crippen molar-refractivity contribution in [2.75, 3.05) is 0 Å². The molecule has 2 aromatic rings. The maximum Gasteiger partial charge on any atom is 0.302 e. The van der Waals surface area contributed by atoms with Gasteiger partial charge < -0.3 is 0 Å². The molecule has 0 aliphatic rings. The highest BCUT2D eigenvalue weighted by Gasteiger charge is 2.15. The predicted molar refractivity (Wildman–Crippen MR) is 56.1 cm³/mol. The maximum atomic E-state index is 12.9. The van der Waals surface area contributed by atoms with Crippen LogP contribution in [0.3, 0.4) is 0 Å². The maximum absolute atomic E-state index is 12.9. The zero-order valence-corrected chi connectivity index (χ0v) is 8.86. The van der Waals surface area contributed by atoms with E-state index in [0.29, 0.717) is 10.9 Å². The molecule has 0 amide bonds. The SMILES string of the molecule is O=[N+]([O-])c1cnc2ccc(F)cc2c1Br. The average molecular weight is 271 g/mol. The molecule has 0 N–H and O–H groups in total. The van der Waals surface area contributed by atoms with Crippen LogP contribution in [0.2, 0.25) is 0 Å². The first-order valence-electron chi connectivity index (χ1n) is 3.98. The van der Waals surface area contributed by atoms with Crippen LogP contribution in [-0.4, -0.2) is 9.91 Å². The van der Waals surface area contributed by atoms with Crippen LogP contribution in [0.25, 0.3) is 10.9 Å². The lowest BCUT2D eigenvalue weighted by Gasteiger charge is -2.00. The Bertz CT molecular complexity index is 559. The number of rotatable bonds is 1. The number of fused-ring (bicyclic) bond motifs is 1. The smallest absolute Gasteiger partial charge is 0.258 e. The molecule has 15 heavy (non-hydrogen) atoms. The van der Waals surface area contributed by atoms with Gasteiger partial charge in [0.05, 0.1) is 10.4 Å². The van der Waals surface area contributed by atoms with Crippen LogP contribution >= 0.6 is 15.9 Å². The lowest BCUT2D eigenvalue weighted by Crippen LogP contribution is -1.92. The summed E-state index contributed by atoms with van der Waals surface area (Å²) in [5.41, 5.74) is 0.335. The zero-order valence-electron chi connectivity index (χ0n) is 7.28. The fraction of sp³-hybridized carbons (Fsp3) is 0. The number of hydrogen-bond acceptors (Lipinski definition) is 3. The van der Waals surface area contributed by atoms with E-state index in [9.17, 15) is 14.5 Å². The summed E-state index contributed by atoms with van der Waals surface area (Å²) in [5, 5.41) is 11.0. The third-order valence-electron chi connectivity index (χ3n) is 1.94. The van der Waals surface area contributed by atoms with Crippen LogP contribution in [0, 0.1) is 15.9 Å². The van der Waals surface area contributed by atoms with Crippen molar-refractivity contribution in [3.63, 3.8) is 0 Å². The van der Waals surface area contributed by atoms with Gasteiger partial charge in [-0.3, -0.25) is 10.1 Å². The predicted octanol–water partition coefficient (Wildman–Crippen LogP) is 3.04. The number of hydrogen-bond donors (Lipinski definition) is 0. The molecule has 0 saturated carbocycles. The first kappa shape index (κ1) is 9.97. The molecular weight excluding hydrogens is 267 g/mol. The third kappa shape index (κ3) is 1.68. The van der Waals surface area contributed by atoms with E-state index < -0.39 is 10.7 Å². The van der Waals surface area contributed by atoms with Crippen molar-refractivity contribution < 1.29 is 9.31 Å².